The maximum absolute atomic E-state index is 12.8. The van der Waals surface area contributed by atoms with Gasteiger partial charge in [0.25, 0.3) is 0 Å². The third kappa shape index (κ3) is 4.14. The summed E-state index contributed by atoms with van der Waals surface area (Å²) in [6.45, 7) is 0. The molecule has 2 nitrogen and oxygen atoms in total. The number of aryl methyl sites for hydroxylation is 1. The second-order valence-electron chi connectivity index (χ2n) is 4.62. The summed E-state index contributed by atoms with van der Waals surface area (Å²) in [5, 5.41) is 3.24. The molecule has 0 aliphatic carbocycles. The number of hydrogen-bond donors (Lipinski definition) is 1. The second-order valence-corrected chi connectivity index (χ2v) is 4.62. The van der Waals surface area contributed by atoms with E-state index in [9.17, 15) is 4.39 Å². The zero-order valence-electron chi connectivity index (χ0n) is 11.1. The van der Waals surface area contributed by atoms with Gasteiger partial charge in [-0.2, -0.15) is 0 Å². The molecule has 1 unspecified atom stereocenters. The van der Waals surface area contributed by atoms with Crippen LogP contribution in [0.4, 0.5) is 4.39 Å². The number of nitrogens with zero attached hydrogens (tertiary/aromatic N) is 1. The monoisotopic (exact) mass is 258 g/mol. The number of benzene rings is 1. The summed E-state index contributed by atoms with van der Waals surface area (Å²) < 4.78 is 12.8. The molecular weight excluding hydrogens is 239 g/mol. The van der Waals surface area contributed by atoms with Gasteiger partial charge >= 0.3 is 0 Å². The minimum Gasteiger partial charge on any atom is -0.312 e. The number of halogens is 1. The van der Waals surface area contributed by atoms with Crippen LogP contribution in [0.25, 0.3) is 0 Å². The van der Waals surface area contributed by atoms with Crippen molar-refractivity contribution in [2.45, 2.75) is 25.3 Å². The van der Waals surface area contributed by atoms with Crippen molar-refractivity contribution in [3.8, 4) is 0 Å². The Kier molecular flexibility index (Phi) is 5.04. The molecule has 1 atom stereocenters. The van der Waals surface area contributed by atoms with Crippen molar-refractivity contribution in [1.82, 2.24) is 10.3 Å². The lowest BCUT2D eigenvalue weighted by atomic mass is 10.0. The lowest BCUT2D eigenvalue weighted by Crippen LogP contribution is -2.17. The molecule has 0 radical (unpaired) electrons. The van der Waals surface area contributed by atoms with E-state index in [2.05, 4.69) is 34.6 Å². The van der Waals surface area contributed by atoms with E-state index in [1.807, 2.05) is 13.1 Å². The van der Waals surface area contributed by atoms with Gasteiger partial charge in [-0.3, -0.25) is 4.98 Å². The first kappa shape index (κ1) is 13.7. The molecule has 0 saturated heterocycles. The van der Waals surface area contributed by atoms with Gasteiger partial charge in [-0.25, -0.2) is 4.39 Å². The number of aromatic nitrogens is 1. The third-order valence-electron chi connectivity index (χ3n) is 3.26. The minimum absolute atomic E-state index is 0.185. The van der Waals surface area contributed by atoms with Crippen molar-refractivity contribution in [2.24, 2.45) is 0 Å². The van der Waals surface area contributed by atoms with Gasteiger partial charge in [0.1, 0.15) is 5.82 Å². The summed E-state index contributed by atoms with van der Waals surface area (Å²) in [4.78, 5) is 4.14. The SMILES string of the molecule is CNC(CCCc1ccccc1)c1ccc(F)cn1. The summed E-state index contributed by atoms with van der Waals surface area (Å²) in [6, 6.07) is 13.8. The highest BCUT2D eigenvalue weighted by atomic mass is 19.1. The maximum Gasteiger partial charge on any atom is 0.141 e. The highest BCUT2D eigenvalue weighted by Crippen LogP contribution is 2.17. The molecule has 0 aliphatic rings. The zero-order chi connectivity index (χ0) is 13.5. The predicted octanol–water partition coefficient (Wildman–Crippen LogP) is 3.50. The smallest absolute Gasteiger partial charge is 0.141 e. The van der Waals surface area contributed by atoms with E-state index in [4.69, 9.17) is 0 Å². The van der Waals surface area contributed by atoms with Gasteiger partial charge in [0, 0.05) is 6.04 Å². The first-order valence-electron chi connectivity index (χ1n) is 6.62. The lowest BCUT2D eigenvalue weighted by Gasteiger charge is -2.15. The van der Waals surface area contributed by atoms with Crippen LogP contribution in [0.5, 0.6) is 0 Å². The molecule has 1 aromatic carbocycles. The first-order valence-corrected chi connectivity index (χ1v) is 6.62. The molecular formula is C16H19FN2. The van der Waals surface area contributed by atoms with E-state index < -0.39 is 0 Å². The van der Waals surface area contributed by atoms with E-state index in [1.165, 1.54) is 17.8 Å². The van der Waals surface area contributed by atoms with Crippen molar-refractivity contribution in [1.29, 1.82) is 0 Å². The molecule has 1 heterocycles. The van der Waals surface area contributed by atoms with Crippen molar-refractivity contribution in [3.63, 3.8) is 0 Å². The highest BCUT2D eigenvalue weighted by molar-refractivity contribution is 5.15. The summed E-state index contributed by atoms with van der Waals surface area (Å²) in [6.07, 6.45) is 4.40. The van der Waals surface area contributed by atoms with Crippen LogP contribution in [0.2, 0.25) is 0 Å². The van der Waals surface area contributed by atoms with Gasteiger partial charge in [-0.05, 0) is 44.0 Å². The Morgan fingerprint density at radius 2 is 1.95 bits per heavy atom. The van der Waals surface area contributed by atoms with Crippen LogP contribution in [0.15, 0.2) is 48.7 Å². The van der Waals surface area contributed by atoms with Gasteiger partial charge in [-0.1, -0.05) is 30.3 Å². The van der Waals surface area contributed by atoms with Gasteiger partial charge in [0.2, 0.25) is 0 Å². The van der Waals surface area contributed by atoms with Gasteiger partial charge < -0.3 is 5.32 Å². The standard InChI is InChI=1S/C16H19FN2/c1-18-15(16-11-10-14(17)12-19-16)9-5-8-13-6-3-2-4-7-13/h2-4,6-7,10-12,15,18H,5,8-9H2,1H3. The van der Waals surface area contributed by atoms with E-state index in [0.29, 0.717) is 0 Å². The molecule has 0 aliphatic heterocycles. The fourth-order valence-electron chi connectivity index (χ4n) is 2.19. The Hall–Kier alpha value is -1.74. The molecule has 1 aromatic heterocycles. The number of hydrogen-bond acceptors (Lipinski definition) is 2. The van der Waals surface area contributed by atoms with Gasteiger partial charge in [0.15, 0.2) is 0 Å². The van der Waals surface area contributed by atoms with Gasteiger partial charge in [0.05, 0.1) is 11.9 Å². The summed E-state index contributed by atoms with van der Waals surface area (Å²) in [5.41, 5.74) is 2.25. The lowest BCUT2D eigenvalue weighted by molar-refractivity contribution is 0.512. The second kappa shape index (κ2) is 7.00. The number of pyridine rings is 1. The molecule has 0 bridgehead atoms. The highest BCUT2D eigenvalue weighted by Gasteiger charge is 2.10. The Labute approximate surface area is 113 Å². The minimum atomic E-state index is -0.289. The summed E-state index contributed by atoms with van der Waals surface area (Å²) in [5.74, 6) is -0.289. The van der Waals surface area contributed by atoms with Crippen LogP contribution in [-0.2, 0) is 6.42 Å². The molecule has 1 N–H and O–H groups in total. The molecule has 2 aromatic rings. The molecule has 2 rings (SSSR count). The third-order valence-corrected chi connectivity index (χ3v) is 3.26. The van der Waals surface area contributed by atoms with Crippen LogP contribution in [0.3, 0.4) is 0 Å². The van der Waals surface area contributed by atoms with Crippen molar-refractivity contribution in [2.75, 3.05) is 7.05 Å². The van der Waals surface area contributed by atoms with Crippen molar-refractivity contribution in [3.05, 3.63) is 65.7 Å². The Balaban J connectivity index is 1.87. The molecule has 100 valence electrons. The first-order chi connectivity index (χ1) is 9.29. The molecule has 0 amide bonds. The van der Waals surface area contributed by atoms with Crippen molar-refractivity contribution >= 4 is 0 Å². The van der Waals surface area contributed by atoms with Crippen LogP contribution in [-0.4, -0.2) is 12.0 Å². The average Bonchev–Trinajstić information content (AvgIpc) is 2.46. The predicted molar refractivity (Wildman–Crippen MR) is 75.4 cm³/mol. The Morgan fingerprint density at radius 3 is 2.58 bits per heavy atom. The fourth-order valence-corrected chi connectivity index (χ4v) is 2.19. The molecule has 3 heteroatoms. The fraction of sp³-hybridized carbons (Fsp3) is 0.312. The Bertz CT molecular complexity index is 482. The normalized spacial score (nSPS) is 12.3. The summed E-state index contributed by atoms with van der Waals surface area (Å²) in [7, 11) is 1.91. The van der Waals surface area contributed by atoms with Crippen molar-refractivity contribution < 1.29 is 4.39 Å². The quantitative estimate of drug-likeness (QED) is 0.857. The molecule has 0 spiro atoms. The van der Waals surface area contributed by atoms with Crippen LogP contribution in [0, 0.1) is 5.82 Å². The van der Waals surface area contributed by atoms with Crippen LogP contribution >= 0.6 is 0 Å². The van der Waals surface area contributed by atoms with E-state index >= 15 is 0 Å². The zero-order valence-corrected chi connectivity index (χ0v) is 11.1. The largest absolute Gasteiger partial charge is 0.312 e. The molecule has 0 fully saturated rings. The molecule has 0 saturated carbocycles. The van der Waals surface area contributed by atoms with E-state index in [0.717, 1.165) is 25.0 Å². The summed E-state index contributed by atoms with van der Waals surface area (Å²) >= 11 is 0. The van der Waals surface area contributed by atoms with Gasteiger partial charge in [-0.15, -0.1) is 0 Å². The average molecular weight is 258 g/mol. The molecule has 19 heavy (non-hydrogen) atoms. The topological polar surface area (TPSA) is 24.9 Å². The van der Waals surface area contributed by atoms with E-state index in [-0.39, 0.29) is 11.9 Å². The van der Waals surface area contributed by atoms with E-state index in [1.54, 1.807) is 6.07 Å². The van der Waals surface area contributed by atoms with Crippen LogP contribution < -0.4 is 5.32 Å². The Morgan fingerprint density at radius 1 is 1.16 bits per heavy atom. The number of rotatable bonds is 6. The van der Waals surface area contributed by atoms with Crippen LogP contribution in [0.1, 0.15) is 30.1 Å². The maximum atomic E-state index is 12.8. The number of nitrogens with one attached hydrogen (secondary N) is 1.